The fourth-order valence-corrected chi connectivity index (χ4v) is 2.52. The minimum Gasteiger partial charge on any atom is -0.281 e. The Morgan fingerprint density at radius 3 is 1.88 bits per heavy atom. The molecule has 0 aromatic carbocycles. The molecule has 146 valence electrons. The zero-order chi connectivity index (χ0) is 19.1. The Hall–Kier alpha value is -1.41. The van der Waals surface area contributed by atoms with Gasteiger partial charge in [-0.2, -0.15) is 0 Å². The van der Waals surface area contributed by atoms with Crippen molar-refractivity contribution in [1.82, 2.24) is 4.98 Å². The molecule has 26 heavy (non-hydrogen) atoms. The van der Waals surface area contributed by atoms with E-state index in [-0.39, 0.29) is 5.24 Å². The highest BCUT2D eigenvalue weighted by Crippen LogP contribution is 2.08. The van der Waals surface area contributed by atoms with Gasteiger partial charge in [0.15, 0.2) is 0 Å². The van der Waals surface area contributed by atoms with E-state index in [1.807, 2.05) is 18.2 Å². The van der Waals surface area contributed by atoms with E-state index < -0.39 is 0 Å². The van der Waals surface area contributed by atoms with E-state index >= 15 is 0 Å². The number of halogens is 1. The van der Waals surface area contributed by atoms with Crippen molar-refractivity contribution in [3.05, 3.63) is 54.9 Å². The van der Waals surface area contributed by atoms with E-state index in [0.717, 1.165) is 19.3 Å². The van der Waals surface area contributed by atoms with Crippen molar-refractivity contribution in [2.24, 2.45) is 0 Å². The number of aromatic nitrogens is 1. The lowest BCUT2D eigenvalue weighted by Crippen LogP contribution is -1.86. The molecule has 0 bridgehead atoms. The van der Waals surface area contributed by atoms with Crippen LogP contribution in [0, 0.1) is 0 Å². The maximum Gasteiger partial charge on any atom is 0.221 e. The van der Waals surface area contributed by atoms with E-state index in [2.05, 4.69) is 36.2 Å². The van der Waals surface area contributed by atoms with Crippen LogP contribution in [0.15, 0.2) is 54.9 Å². The van der Waals surface area contributed by atoms with E-state index in [9.17, 15) is 4.79 Å². The van der Waals surface area contributed by atoms with Crippen LogP contribution in [0.2, 0.25) is 0 Å². The molecule has 0 radical (unpaired) electrons. The van der Waals surface area contributed by atoms with Crippen LogP contribution in [0.4, 0.5) is 0 Å². The summed E-state index contributed by atoms with van der Waals surface area (Å²) < 4.78 is 0. The Bertz CT molecular complexity index is 430. The molecule has 1 rings (SSSR count). The van der Waals surface area contributed by atoms with Gasteiger partial charge in [0.1, 0.15) is 0 Å². The number of rotatable bonds is 14. The van der Waals surface area contributed by atoms with Gasteiger partial charge in [0, 0.05) is 18.8 Å². The number of pyridine rings is 1. The predicted molar refractivity (Wildman–Crippen MR) is 114 cm³/mol. The molecule has 0 unspecified atom stereocenters. The normalized spacial score (nSPS) is 10.8. The van der Waals surface area contributed by atoms with Gasteiger partial charge in [-0.05, 0) is 62.3 Å². The number of hydrogen-bond acceptors (Lipinski definition) is 2. The number of carbonyl (C=O) groups is 1. The second-order valence-corrected chi connectivity index (χ2v) is 6.78. The zero-order valence-electron chi connectivity index (χ0n) is 16.4. The highest BCUT2D eigenvalue weighted by molar-refractivity contribution is 6.63. The van der Waals surface area contributed by atoms with Crippen LogP contribution in [0.1, 0.15) is 84.0 Å². The molecule has 1 heterocycles. The Labute approximate surface area is 165 Å². The molecule has 0 fully saturated rings. The van der Waals surface area contributed by atoms with Crippen LogP contribution >= 0.6 is 11.6 Å². The molecule has 3 heteroatoms. The minimum absolute atomic E-state index is 0.198. The van der Waals surface area contributed by atoms with Crippen LogP contribution < -0.4 is 0 Å². The average molecular weight is 378 g/mol. The van der Waals surface area contributed by atoms with Gasteiger partial charge in [0.05, 0.1) is 0 Å². The molecule has 0 atom stereocenters. The number of nitrogens with zero attached hydrogens (tertiary/aromatic N) is 1. The fourth-order valence-electron chi connectivity index (χ4n) is 2.39. The smallest absolute Gasteiger partial charge is 0.221 e. The van der Waals surface area contributed by atoms with Crippen molar-refractivity contribution in [2.45, 2.75) is 84.0 Å². The van der Waals surface area contributed by atoms with Crippen LogP contribution in [-0.2, 0) is 4.79 Å². The van der Waals surface area contributed by atoms with Crippen molar-refractivity contribution in [3.63, 3.8) is 0 Å². The Morgan fingerprint density at radius 2 is 1.38 bits per heavy atom. The number of hydrogen-bond donors (Lipinski definition) is 0. The summed E-state index contributed by atoms with van der Waals surface area (Å²) in [6.45, 7) is 2.24. The van der Waals surface area contributed by atoms with E-state index in [4.69, 9.17) is 11.6 Å². The molecule has 0 amide bonds. The first-order chi connectivity index (χ1) is 12.8. The fraction of sp³-hybridized carbons (Fsp3) is 0.565. The average Bonchev–Trinajstić information content (AvgIpc) is 2.66. The molecule has 1 aromatic rings. The van der Waals surface area contributed by atoms with Gasteiger partial charge in [0.2, 0.25) is 5.24 Å². The zero-order valence-corrected chi connectivity index (χ0v) is 17.2. The summed E-state index contributed by atoms with van der Waals surface area (Å²) in [5.41, 5.74) is 0. The maximum atomic E-state index is 10.5. The van der Waals surface area contributed by atoms with Gasteiger partial charge in [0.25, 0.3) is 0 Å². The van der Waals surface area contributed by atoms with Gasteiger partial charge in [-0.3, -0.25) is 9.78 Å². The molecule has 2 nitrogen and oxygen atoms in total. The lowest BCUT2D eigenvalue weighted by Gasteiger charge is -1.98. The second kappa shape index (κ2) is 21.6. The molecule has 0 saturated heterocycles. The first-order valence-corrected chi connectivity index (χ1v) is 10.5. The van der Waals surface area contributed by atoms with Gasteiger partial charge in [-0.25, -0.2) is 0 Å². The second-order valence-electron chi connectivity index (χ2n) is 6.36. The maximum absolute atomic E-state index is 10.5. The van der Waals surface area contributed by atoms with Crippen molar-refractivity contribution >= 4 is 16.8 Å². The van der Waals surface area contributed by atoms with Crippen molar-refractivity contribution in [2.75, 3.05) is 0 Å². The third kappa shape index (κ3) is 22.6. The SMILES string of the molecule is CCCCC/C=C\C/C=C\CCCCCCCC(=O)Cl.c1ccncc1. The third-order valence-electron chi connectivity index (χ3n) is 3.89. The van der Waals surface area contributed by atoms with Crippen molar-refractivity contribution in [1.29, 1.82) is 0 Å². The lowest BCUT2D eigenvalue weighted by molar-refractivity contribution is -0.111. The summed E-state index contributed by atoms with van der Waals surface area (Å²) in [6.07, 6.45) is 26.4. The summed E-state index contributed by atoms with van der Waals surface area (Å²) in [7, 11) is 0. The molecule has 0 aliphatic heterocycles. The summed E-state index contributed by atoms with van der Waals surface area (Å²) in [5, 5.41) is -0.198. The van der Waals surface area contributed by atoms with Gasteiger partial charge in [-0.1, -0.05) is 69.4 Å². The Balaban J connectivity index is 0.000000867. The predicted octanol–water partition coefficient (Wildman–Crippen LogP) is 7.65. The highest BCUT2D eigenvalue weighted by atomic mass is 35.5. The van der Waals surface area contributed by atoms with E-state index in [1.165, 1.54) is 51.4 Å². The van der Waals surface area contributed by atoms with Crippen molar-refractivity contribution in [3.8, 4) is 0 Å². The molecule has 0 N–H and O–H groups in total. The van der Waals surface area contributed by atoms with Gasteiger partial charge < -0.3 is 0 Å². The standard InChI is InChI=1S/C18H31ClO.C5H5N/c1-2-3-4-5-6-7-8-9-10-11-12-13-14-15-16-17-18(19)20;1-2-4-6-5-3-1/h6-7,9-10H,2-5,8,11-17H2,1H3;1-5H/b7-6-,10-9-;. The molecule has 0 aliphatic carbocycles. The molecular weight excluding hydrogens is 342 g/mol. The minimum atomic E-state index is -0.198. The van der Waals surface area contributed by atoms with Crippen LogP contribution in [0.25, 0.3) is 0 Å². The number of carbonyl (C=O) groups excluding carboxylic acids is 1. The summed E-state index contributed by atoms with van der Waals surface area (Å²) in [5.74, 6) is 0. The van der Waals surface area contributed by atoms with Gasteiger partial charge in [-0.15, -0.1) is 0 Å². The monoisotopic (exact) mass is 377 g/mol. The Kier molecular flexibility index (Phi) is 20.5. The van der Waals surface area contributed by atoms with E-state index in [1.54, 1.807) is 12.4 Å². The van der Waals surface area contributed by atoms with Gasteiger partial charge >= 0.3 is 0 Å². The summed E-state index contributed by atoms with van der Waals surface area (Å²) in [6, 6.07) is 5.72. The molecule has 0 saturated carbocycles. The van der Waals surface area contributed by atoms with Crippen LogP contribution in [0.3, 0.4) is 0 Å². The summed E-state index contributed by atoms with van der Waals surface area (Å²) >= 11 is 5.28. The molecular formula is C23H36ClNO. The third-order valence-corrected chi connectivity index (χ3v) is 4.08. The highest BCUT2D eigenvalue weighted by Gasteiger charge is 1.95. The van der Waals surface area contributed by atoms with E-state index in [0.29, 0.717) is 6.42 Å². The molecule has 0 aliphatic rings. The van der Waals surface area contributed by atoms with Crippen molar-refractivity contribution < 1.29 is 4.79 Å². The summed E-state index contributed by atoms with van der Waals surface area (Å²) in [4.78, 5) is 14.3. The first-order valence-electron chi connectivity index (χ1n) is 10.1. The largest absolute Gasteiger partial charge is 0.281 e. The Morgan fingerprint density at radius 1 is 0.808 bits per heavy atom. The first kappa shape index (κ1) is 24.6. The topological polar surface area (TPSA) is 30.0 Å². The number of unbranched alkanes of at least 4 members (excludes halogenated alkanes) is 8. The molecule has 0 spiro atoms. The molecule has 1 aromatic heterocycles. The lowest BCUT2D eigenvalue weighted by atomic mass is 10.1. The van der Waals surface area contributed by atoms with Crippen LogP contribution in [0.5, 0.6) is 0 Å². The number of allylic oxidation sites excluding steroid dienone is 4. The quantitative estimate of drug-likeness (QED) is 0.189. The van der Waals surface area contributed by atoms with Crippen LogP contribution in [-0.4, -0.2) is 10.2 Å².